The Hall–Kier alpha value is -0.380. The van der Waals surface area contributed by atoms with Gasteiger partial charge in [0.15, 0.2) is 0 Å². The number of aliphatic hydroxyl groups is 3. The fourth-order valence-electron chi connectivity index (χ4n) is 9.07. The number of hydrogen-bond acceptors (Lipinski definition) is 3. The quantitative estimate of drug-likeness (QED) is 0.582. The molecule has 29 heavy (non-hydrogen) atoms. The van der Waals surface area contributed by atoms with E-state index < -0.39 is 0 Å². The molecule has 0 aliphatic heterocycles. The molecule has 10 atom stereocenters. The number of hydrogen-bond donors (Lipinski definition) is 3. The van der Waals surface area contributed by atoms with Crippen molar-refractivity contribution >= 4 is 0 Å². The molecular weight excluding hydrogens is 360 g/mol. The Morgan fingerprint density at radius 2 is 1.72 bits per heavy atom. The second-order valence-corrected chi connectivity index (χ2v) is 11.6. The van der Waals surface area contributed by atoms with Crippen molar-refractivity contribution in [3.8, 4) is 0 Å². The molecule has 4 unspecified atom stereocenters. The lowest BCUT2D eigenvalue weighted by Gasteiger charge is -2.63. The molecule has 4 saturated carbocycles. The number of rotatable bonds is 4. The van der Waals surface area contributed by atoms with Crippen LogP contribution in [0.25, 0.3) is 0 Å². The molecule has 0 aromatic carbocycles. The van der Waals surface area contributed by atoms with Gasteiger partial charge in [0, 0.05) is 6.61 Å². The van der Waals surface area contributed by atoms with Gasteiger partial charge in [0.05, 0.1) is 12.2 Å². The van der Waals surface area contributed by atoms with E-state index in [1.807, 2.05) is 0 Å². The van der Waals surface area contributed by atoms with Crippen LogP contribution in [0, 0.1) is 46.3 Å². The monoisotopic (exact) mass is 404 g/mol. The Morgan fingerprint density at radius 3 is 2.41 bits per heavy atom. The molecule has 4 aliphatic rings. The summed E-state index contributed by atoms with van der Waals surface area (Å²) in [7, 11) is 0. The minimum absolute atomic E-state index is 0.205. The summed E-state index contributed by atoms with van der Waals surface area (Å²) in [5.41, 5.74) is 1.79. The molecule has 3 N–H and O–H groups in total. The largest absolute Gasteiger partial charge is 0.396 e. The first kappa shape index (κ1) is 21.8. The molecule has 0 radical (unpaired) electrons. The van der Waals surface area contributed by atoms with E-state index >= 15 is 0 Å². The van der Waals surface area contributed by atoms with E-state index in [0.717, 1.165) is 38.0 Å². The summed E-state index contributed by atoms with van der Waals surface area (Å²) in [6, 6.07) is 0. The van der Waals surface area contributed by atoms with E-state index in [0.29, 0.717) is 41.6 Å². The van der Waals surface area contributed by atoms with Crippen LogP contribution in [-0.4, -0.2) is 34.1 Å². The van der Waals surface area contributed by atoms with Crippen molar-refractivity contribution in [2.75, 3.05) is 6.61 Å². The van der Waals surface area contributed by atoms with Gasteiger partial charge in [-0.25, -0.2) is 0 Å². The van der Waals surface area contributed by atoms with E-state index in [9.17, 15) is 15.3 Å². The van der Waals surface area contributed by atoms with Crippen LogP contribution < -0.4 is 0 Å². The minimum Gasteiger partial charge on any atom is -0.396 e. The second kappa shape index (κ2) is 7.95. The van der Waals surface area contributed by atoms with Gasteiger partial charge in [0.1, 0.15) is 0 Å². The first-order chi connectivity index (χ1) is 13.8. The van der Waals surface area contributed by atoms with Crippen molar-refractivity contribution in [2.24, 2.45) is 46.3 Å². The first-order valence-electron chi connectivity index (χ1n) is 12.4. The zero-order valence-corrected chi connectivity index (χ0v) is 19.1. The van der Waals surface area contributed by atoms with Crippen LogP contribution in [0.5, 0.6) is 0 Å². The molecule has 0 saturated heterocycles. The first-order valence-corrected chi connectivity index (χ1v) is 12.4. The van der Waals surface area contributed by atoms with Crippen LogP contribution in [0.4, 0.5) is 0 Å². The highest BCUT2D eigenvalue weighted by molar-refractivity contribution is 5.26. The molecule has 4 fully saturated rings. The van der Waals surface area contributed by atoms with Gasteiger partial charge < -0.3 is 15.3 Å². The van der Waals surface area contributed by atoms with Gasteiger partial charge >= 0.3 is 0 Å². The lowest BCUT2D eigenvalue weighted by Crippen LogP contribution is -2.59. The highest BCUT2D eigenvalue weighted by Gasteiger charge is 2.63. The van der Waals surface area contributed by atoms with Gasteiger partial charge in [-0.3, -0.25) is 0 Å². The average Bonchev–Trinajstić information content (AvgIpc) is 3.05. The fourth-order valence-corrected chi connectivity index (χ4v) is 9.07. The number of allylic oxidation sites excluding steroid dienone is 1. The van der Waals surface area contributed by atoms with Crippen molar-refractivity contribution < 1.29 is 15.3 Å². The Labute approximate surface area is 178 Å². The van der Waals surface area contributed by atoms with Crippen LogP contribution >= 0.6 is 0 Å². The fraction of sp³-hybridized carbons (Fsp3) is 0.923. The van der Waals surface area contributed by atoms with Gasteiger partial charge in [-0.15, -0.1) is 0 Å². The van der Waals surface area contributed by atoms with Gasteiger partial charge in [-0.2, -0.15) is 0 Å². The van der Waals surface area contributed by atoms with E-state index in [4.69, 9.17) is 0 Å². The topological polar surface area (TPSA) is 60.7 Å². The van der Waals surface area contributed by atoms with Gasteiger partial charge in [0.25, 0.3) is 0 Å². The van der Waals surface area contributed by atoms with E-state index in [2.05, 4.69) is 33.8 Å². The van der Waals surface area contributed by atoms with Crippen molar-refractivity contribution in [1.29, 1.82) is 0 Å². The minimum atomic E-state index is -0.329. The second-order valence-electron chi connectivity index (χ2n) is 11.6. The maximum atomic E-state index is 11.6. The summed E-state index contributed by atoms with van der Waals surface area (Å²) in [6.07, 6.45) is 11.6. The highest BCUT2D eigenvalue weighted by Crippen LogP contribution is 2.69. The lowest BCUT2D eigenvalue weighted by atomic mass is 9.42. The molecule has 0 aromatic rings. The number of fused-ring (bicyclic) bond motifs is 5. The van der Waals surface area contributed by atoms with Crippen LogP contribution in [0.15, 0.2) is 11.6 Å². The average molecular weight is 405 g/mol. The molecule has 3 heteroatoms. The van der Waals surface area contributed by atoms with Gasteiger partial charge in [0.2, 0.25) is 0 Å². The summed E-state index contributed by atoms with van der Waals surface area (Å²) in [5, 5.41) is 31.3. The molecule has 4 rings (SSSR count). The SMILES string of the molecule is C/C=C1/[C@H](O)C2C3CC[C@H]([C@H](C)CCCO)C3(C)CCC2[C@@]2(C)CC[C@@H](O)C[C@@H]12. The molecule has 0 bridgehead atoms. The maximum absolute atomic E-state index is 11.6. The zero-order chi connectivity index (χ0) is 21.0. The molecule has 0 heterocycles. The summed E-state index contributed by atoms with van der Waals surface area (Å²) in [4.78, 5) is 0. The smallest absolute Gasteiger partial charge is 0.0786 e. The Bertz CT molecular complexity index is 629. The molecule has 166 valence electrons. The van der Waals surface area contributed by atoms with Crippen molar-refractivity contribution in [2.45, 2.75) is 97.7 Å². The summed E-state index contributed by atoms with van der Waals surface area (Å²) in [5.74, 6) is 3.30. The summed E-state index contributed by atoms with van der Waals surface area (Å²) < 4.78 is 0. The van der Waals surface area contributed by atoms with E-state index in [-0.39, 0.29) is 17.6 Å². The van der Waals surface area contributed by atoms with Gasteiger partial charge in [-0.1, -0.05) is 26.8 Å². The van der Waals surface area contributed by atoms with Crippen molar-refractivity contribution in [1.82, 2.24) is 0 Å². The predicted octanol–water partition coefficient (Wildman–Crippen LogP) is 4.94. The normalized spacial score (nSPS) is 52.0. The van der Waals surface area contributed by atoms with E-state index in [1.54, 1.807) is 0 Å². The number of aliphatic hydroxyl groups excluding tert-OH is 3. The van der Waals surface area contributed by atoms with E-state index in [1.165, 1.54) is 31.3 Å². The molecule has 4 aliphatic carbocycles. The third kappa shape index (κ3) is 3.26. The lowest BCUT2D eigenvalue weighted by molar-refractivity contribution is -0.147. The standard InChI is InChI=1S/C26H44O3/c1-5-18-22-15-17(28)10-12-26(22,4)21-11-13-25(3)19(16(2)7-6-14-27)8-9-20(25)23(21)24(18)29/h5,16-17,19-24,27-29H,6-15H2,1-4H3/b18-5+/t16-,17-,19-,20?,21?,22+,23?,24+,25?,26-/m1/s1. The van der Waals surface area contributed by atoms with Crippen molar-refractivity contribution in [3.63, 3.8) is 0 Å². The van der Waals surface area contributed by atoms with Crippen LogP contribution in [0.3, 0.4) is 0 Å². The Balaban J connectivity index is 1.65. The summed E-state index contributed by atoms with van der Waals surface area (Å²) >= 11 is 0. The molecule has 0 spiro atoms. The van der Waals surface area contributed by atoms with Crippen molar-refractivity contribution in [3.05, 3.63) is 11.6 Å². The third-order valence-electron chi connectivity index (χ3n) is 10.5. The molecular formula is C26H44O3. The molecule has 0 aromatic heterocycles. The van der Waals surface area contributed by atoms with Gasteiger partial charge in [-0.05, 0) is 117 Å². The molecule has 0 amide bonds. The predicted molar refractivity (Wildman–Crippen MR) is 117 cm³/mol. The Kier molecular flexibility index (Phi) is 5.99. The highest BCUT2D eigenvalue weighted by atomic mass is 16.3. The third-order valence-corrected chi connectivity index (χ3v) is 10.5. The van der Waals surface area contributed by atoms with Crippen LogP contribution in [0.1, 0.15) is 85.5 Å². The summed E-state index contributed by atoms with van der Waals surface area (Å²) in [6.45, 7) is 9.81. The zero-order valence-electron chi connectivity index (χ0n) is 19.1. The molecule has 3 nitrogen and oxygen atoms in total. The van der Waals surface area contributed by atoms with Crippen LogP contribution in [-0.2, 0) is 0 Å². The Morgan fingerprint density at radius 1 is 1.03 bits per heavy atom. The maximum Gasteiger partial charge on any atom is 0.0786 e. The van der Waals surface area contributed by atoms with Crippen LogP contribution in [0.2, 0.25) is 0 Å².